The van der Waals surface area contributed by atoms with Crippen LogP contribution in [0.1, 0.15) is 5.56 Å². The monoisotopic (exact) mass is 297 g/mol. The molecule has 6 heteroatoms. The number of benzene rings is 2. The van der Waals surface area contributed by atoms with Crippen molar-refractivity contribution in [2.75, 3.05) is 0 Å². The SMILES string of the molecule is O=[N+]([O-])c1cc(Cl)ccc1Oc1cccc(CCl)c1. The summed E-state index contributed by atoms with van der Waals surface area (Å²) in [5.41, 5.74) is 0.694. The Morgan fingerprint density at radius 3 is 2.68 bits per heavy atom. The molecule has 0 aliphatic heterocycles. The Bertz CT molecular complexity index is 617. The molecule has 0 saturated heterocycles. The predicted octanol–water partition coefficient (Wildman–Crippen LogP) is 4.78. The normalized spacial score (nSPS) is 10.2. The summed E-state index contributed by atoms with van der Waals surface area (Å²) in [6, 6.07) is 11.3. The Balaban J connectivity index is 2.34. The molecule has 0 aromatic heterocycles. The third kappa shape index (κ3) is 3.36. The second-order valence-electron chi connectivity index (χ2n) is 3.75. The molecular weight excluding hydrogens is 289 g/mol. The van der Waals surface area contributed by atoms with E-state index >= 15 is 0 Å². The maximum absolute atomic E-state index is 10.9. The summed E-state index contributed by atoms with van der Waals surface area (Å²) in [5, 5.41) is 11.2. The molecule has 0 fully saturated rings. The van der Waals surface area contributed by atoms with E-state index in [0.29, 0.717) is 11.6 Å². The lowest BCUT2D eigenvalue weighted by atomic mass is 10.2. The number of hydrogen-bond donors (Lipinski definition) is 0. The first kappa shape index (κ1) is 13.6. The van der Waals surface area contributed by atoms with Gasteiger partial charge in [0.2, 0.25) is 5.75 Å². The van der Waals surface area contributed by atoms with Crippen LogP contribution >= 0.6 is 23.2 Å². The van der Waals surface area contributed by atoms with Crippen molar-refractivity contribution >= 4 is 28.9 Å². The van der Waals surface area contributed by atoms with Gasteiger partial charge in [0.1, 0.15) is 5.75 Å². The first-order chi connectivity index (χ1) is 9.10. The lowest BCUT2D eigenvalue weighted by molar-refractivity contribution is -0.385. The molecule has 0 aliphatic rings. The van der Waals surface area contributed by atoms with E-state index < -0.39 is 4.92 Å². The molecule has 98 valence electrons. The number of nitro benzene ring substituents is 1. The number of hydrogen-bond acceptors (Lipinski definition) is 3. The van der Waals surface area contributed by atoms with Crippen molar-refractivity contribution in [2.24, 2.45) is 0 Å². The quantitative estimate of drug-likeness (QED) is 0.463. The van der Waals surface area contributed by atoms with E-state index in [9.17, 15) is 10.1 Å². The van der Waals surface area contributed by atoms with Gasteiger partial charge in [-0.1, -0.05) is 23.7 Å². The number of ether oxygens (including phenoxy) is 1. The lowest BCUT2D eigenvalue weighted by Gasteiger charge is -2.07. The van der Waals surface area contributed by atoms with Gasteiger partial charge in [0.15, 0.2) is 0 Å². The van der Waals surface area contributed by atoms with E-state index in [-0.39, 0.29) is 16.5 Å². The Hall–Kier alpha value is -1.78. The lowest BCUT2D eigenvalue weighted by Crippen LogP contribution is -1.93. The topological polar surface area (TPSA) is 52.4 Å². The van der Waals surface area contributed by atoms with Gasteiger partial charge in [-0.15, -0.1) is 11.6 Å². The van der Waals surface area contributed by atoms with Crippen molar-refractivity contribution in [2.45, 2.75) is 5.88 Å². The highest BCUT2D eigenvalue weighted by atomic mass is 35.5. The van der Waals surface area contributed by atoms with Gasteiger partial charge >= 0.3 is 5.69 Å². The van der Waals surface area contributed by atoms with Crippen molar-refractivity contribution in [3.63, 3.8) is 0 Å². The van der Waals surface area contributed by atoms with Gasteiger partial charge in [0.05, 0.1) is 4.92 Å². The van der Waals surface area contributed by atoms with Crippen LogP contribution in [0.15, 0.2) is 42.5 Å². The number of nitrogens with zero attached hydrogens (tertiary/aromatic N) is 1. The number of rotatable bonds is 4. The highest BCUT2D eigenvalue weighted by Gasteiger charge is 2.16. The molecule has 2 aromatic carbocycles. The molecule has 0 bridgehead atoms. The predicted molar refractivity (Wildman–Crippen MR) is 74.2 cm³/mol. The summed E-state index contributed by atoms with van der Waals surface area (Å²) in [7, 11) is 0. The molecule has 0 saturated carbocycles. The van der Waals surface area contributed by atoms with Crippen LogP contribution in [0.25, 0.3) is 0 Å². The van der Waals surface area contributed by atoms with E-state index in [4.69, 9.17) is 27.9 Å². The third-order valence-electron chi connectivity index (χ3n) is 2.40. The molecule has 0 aliphatic carbocycles. The van der Waals surface area contributed by atoms with E-state index in [1.165, 1.54) is 18.2 Å². The van der Waals surface area contributed by atoms with Crippen molar-refractivity contribution in [1.82, 2.24) is 0 Å². The minimum atomic E-state index is -0.535. The molecule has 0 atom stereocenters. The van der Waals surface area contributed by atoms with Gasteiger partial charge in [0.25, 0.3) is 0 Å². The van der Waals surface area contributed by atoms with Crippen molar-refractivity contribution in [1.29, 1.82) is 0 Å². The van der Waals surface area contributed by atoms with Crippen LogP contribution in [-0.2, 0) is 5.88 Å². The maximum atomic E-state index is 10.9. The maximum Gasteiger partial charge on any atom is 0.313 e. The first-order valence-corrected chi connectivity index (χ1v) is 6.28. The molecule has 0 unspecified atom stereocenters. The Morgan fingerprint density at radius 1 is 1.21 bits per heavy atom. The fourth-order valence-corrected chi connectivity index (χ4v) is 1.87. The Labute approximate surface area is 119 Å². The van der Waals surface area contributed by atoms with Crippen LogP contribution in [-0.4, -0.2) is 4.92 Å². The standard InChI is InChI=1S/C13H9Cl2NO3/c14-8-9-2-1-3-11(6-9)19-13-5-4-10(15)7-12(13)16(17)18/h1-7H,8H2. The number of nitro groups is 1. The van der Waals surface area contributed by atoms with Gasteiger partial charge in [0, 0.05) is 17.0 Å². The van der Waals surface area contributed by atoms with Crippen molar-refractivity contribution < 1.29 is 9.66 Å². The minimum absolute atomic E-state index is 0.140. The smallest absolute Gasteiger partial charge is 0.313 e. The van der Waals surface area contributed by atoms with Crippen LogP contribution in [0.4, 0.5) is 5.69 Å². The molecule has 0 spiro atoms. The van der Waals surface area contributed by atoms with Gasteiger partial charge in [-0.2, -0.15) is 0 Å². The number of alkyl halides is 1. The number of halogens is 2. The summed E-state index contributed by atoms with van der Waals surface area (Å²) < 4.78 is 5.51. The van der Waals surface area contributed by atoms with E-state index in [1.54, 1.807) is 18.2 Å². The van der Waals surface area contributed by atoms with Crippen LogP contribution < -0.4 is 4.74 Å². The summed E-state index contributed by atoms with van der Waals surface area (Å²) in [6.45, 7) is 0. The van der Waals surface area contributed by atoms with Gasteiger partial charge in [-0.05, 0) is 29.8 Å². The van der Waals surface area contributed by atoms with E-state index in [1.807, 2.05) is 6.07 Å². The summed E-state index contributed by atoms with van der Waals surface area (Å²) >= 11 is 11.5. The molecule has 4 nitrogen and oxygen atoms in total. The van der Waals surface area contributed by atoms with E-state index in [2.05, 4.69) is 0 Å². The zero-order valence-corrected chi connectivity index (χ0v) is 11.2. The molecule has 0 radical (unpaired) electrons. The second kappa shape index (κ2) is 5.91. The summed E-state index contributed by atoms with van der Waals surface area (Å²) in [6.07, 6.45) is 0. The highest BCUT2D eigenvalue weighted by Crippen LogP contribution is 2.33. The Kier molecular flexibility index (Phi) is 4.24. The minimum Gasteiger partial charge on any atom is -0.450 e. The van der Waals surface area contributed by atoms with Crippen LogP contribution in [0, 0.1) is 10.1 Å². The molecular formula is C13H9Cl2NO3. The molecule has 0 heterocycles. The van der Waals surface area contributed by atoms with Crippen molar-refractivity contribution in [3.05, 3.63) is 63.2 Å². The van der Waals surface area contributed by atoms with Crippen LogP contribution in [0.5, 0.6) is 11.5 Å². The molecule has 2 aromatic rings. The average molecular weight is 298 g/mol. The molecule has 0 N–H and O–H groups in total. The molecule has 19 heavy (non-hydrogen) atoms. The average Bonchev–Trinajstić information content (AvgIpc) is 2.41. The third-order valence-corrected chi connectivity index (χ3v) is 2.94. The molecule has 2 rings (SSSR count). The first-order valence-electron chi connectivity index (χ1n) is 5.37. The zero-order chi connectivity index (χ0) is 13.8. The van der Waals surface area contributed by atoms with Gasteiger partial charge < -0.3 is 4.74 Å². The van der Waals surface area contributed by atoms with Crippen LogP contribution in [0.2, 0.25) is 5.02 Å². The van der Waals surface area contributed by atoms with Crippen LogP contribution in [0.3, 0.4) is 0 Å². The fraction of sp³-hybridized carbons (Fsp3) is 0.0769. The van der Waals surface area contributed by atoms with Gasteiger partial charge in [-0.3, -0.25) is 10.1 Å². The summed E-state index contributed by atoms with van der Waals surface area (Å²) in [4.78, 5) is 10.4. The van der Waals surface area contributed by atoms with Gasteiger partial charge in [-0.25, -0.2) is 0 Å². The Morgan fingerprint density at radius 2 is 2.00 bits per heavy atom. The second-order valence-corrected chi connectivity index (χ2v) is 4.46. The highest BCUT2D eigenvalue weighted by molar-refractivity contribution is 6.30. The summed E-state index contributed by atoms with van der Waals surface area (Å²) in [5.74, 6) is 0.976. The largest absolute Gasteiger partial charge is 0.450 e. The zero-order valence-electron chi connectivity index (χ0n) is 9.68. The van der Waals surface area contributed by atoms with E-state index in [0.717, 1.165) is 5.56 Å². The van der Waals surface area contributed by atoms with Crippen molar-refractivity contribution in [3.8, 4) is 11.5 Å². The molecule has 0 amide bonds. The fourth-order valence-electron chi connectivity index (χ4n) is 1.54.